The van der Waals surface area contributed by atoms with E-state index in [9.17, 15) is 17.6 Å². The van der Waals surface area contributed by atoms with E-state index in [0.717, 1.165) is 44.5 Å². The Morgan fingerprint density at radius 1 is 1.04 bits per heavy atom. The molecule has 0 aromatic heterocycles. The number of carbonyl (C=O) groups is 1. The Morgan fingerprint density at radius 3 is 2.48 bits per heavy atom. The molecule has 2 aliphatic heterocycles. The van der Waals surface area contributed by atoms with E-state index in [0.29, 0.717) is 26.1 Å². The Kier molecular flexibility index (Phi) is 6.49. The second kappa shape index (κ2) is 8.67. The number of piperidine rings is 1. The van der Waals surface area contributed by atoms with Gasteiger partial charge in [0.25, 0.3) is 0 Å². The summed E-state index contributed by atoms with van der Waals surface area (Å²) < 4.78 is 38.5. The zero-order chi connectivity index (χ0) is 19.4. The van der Waals surface area contributed by atoms with Crippen LogP contribution in [0.25, 0.3) is 0 Å². The first-order chi connectivity index (χ1) is 12.8. The Morgan fingerprint density at radius 2 is 1.78 bits per heavy atom. The smallest absolute Gasteiger partial charge is 0.241 e. The fourth-order valence-corrected chi connectivity index (χ4v) is 5.08. The zero-order valence-electron chi connectivity index (χ0n) is 15.8. The van der Waals surface area contributed by atoms with Gasteiger partial charge in [0, 0.05) is 39.3 Å². The summed E-state index contributed by atoms with van der Waals surface area (Å²) in [6.07, 6.45) is 4.32. The van der Waals surface area contributed by atoms with Crippen LogP contribution in [-0.2, 0) is 21.4 Å². The average Bonchev–Trinajstić information content (AvgIpc) is 2.88. The van der Waals surface area contributed by atoms with Gasteiger partial charge in [0.15, 0.2) is 0 Å². The predicted octanol–water partition coefficient (Wildman–Crippen LogP) is 1.67. The highest BCUT2D eigenvalue weighted by atomic mass is 32.2. The molecule has 2 heterocycles. The van der Waals surface area contributed by atoms with E-state index in [4.69, 9.17) is 0 Å². The van der Waals surface area contributed by atoms with Gasteiger partial charge >= 0.3 is 0 Å². The van der Waals surface area contributed by atoms with Gasteiger partial charge in [-0.15, -0.1) is 0 Å². The van der Waals surface area contributed by atoms with Crippen molar-refractivity contribution in [2.75, 3.05) is 39.0 Å². The van der Waals surface area contributed by atoms with Crippen LogP contribution in [-0.4, -0.2) is 73.5 Å². The molecule has 2 fully saturated rings. The lowest BCUT2D eigenvalue weighted by molar-refractivity contribution is -0.136. The molecule has 27 heavy (non-hydrogen) atoms. The molecule has 1 unspecified atom stereocenters. The third-order valence-electron chi connectivity index (χ3n) is 5.38. The summed E-state index contributed by atoms with van der Waals surface area (Å²) in [7, 11) is -3.38. The summed E-state index contributed by atoms with van der Waals surface area (Å²) in [5.74, 6) is -0.307. The molecule has 1 amide bonds. The SMILES string of the molecule is CS(=O)(=O)N1CCCCC1C(=O)N1CCCN(Cc2ccc(F)cc2)CC1. The van der Waals surface area contributed by atoms with Gasteiger partial charge in [-0.3, -0.25) is 9.69 Å². The highest BCUT2D eigenvalue weighted by Gasteiger charge is 2.37. The van der Waals surface area contributed by atoms with E-state index in [-0.39, 0.29) is 11.7 Å². The van der Waals surface area contributed by atoms with Gasteiger partial charge in [0.1, 0.15) is 11.9 Å². The van der Waals surface area contributed by atoms with Crippen molar-refractivity contribution in [3.8, 4) is 0 Å². The van der Waals surface area contributed by atoms with Crippen LogP contribution in [0.4, 0.5) is 4.39 Å². The van der Waals surface area contributed by atoms with Crippen molar-refractivity contribution < 1.29 is 17.6 Å². The van der Waals surface area contributed by atoms with E-state index in [1.807, 2.05) is 4.90 Å². The average molecular weight is 398 g/mol. The number of hydrogen-bond acceptors (Lipinski definition) is 4. The maximum atomic E-state index is 13.1. The number of rotatable bonds is 4. The molecule has 1 aromatic rings. The van der Waals surface area contributed by atoms with Crippen molar-refractivity contribution in [2.45, 2.75) is 38.3 Å². The number of benzene rings is 1. The Hall–Kier alpha value is -1.51. The quantitative estimate of drug-likeness (QED) is 0.776. The first-order valence-electron chi connectivity index (χ1n) is 9.57. The van der Waals surface area contributed by atoms with Gasteiger partial charge in [-0.1, -0.05) is 18.6 Å². The van der Waals surface area contributed by atoms with Gasteiger partial charge < -0.3 is 4.90 Å². The molecule has 0 aliphatic carbocycles. The standard InChI is InChI=1S/C19H28FN3O3S/c1-27(25,26)23-12-3-2-5-18(23)19(24)22-11-4-10-21(13-14-22)15-16-6-8-17(20)9-7-16/h6-9,18H,2-5,10-15H2,1H3. The van der Waals surface area contributed by atoms with Crippen molar-refractivity contribution >= 4 is 15.9 Å². The zero-order valence-corrected chi connectivity index (χ0v) is 16.6. The number of hydrogen-bond donors (Lipinski definition) is 0. The fourth-order valence-electron chi connectivity index (χ4n) is 3.96. The molecule has 0 N–H and O–H groups in total. The van der Waals surface area contributed by atoms with Gasteiger partial charge in [-0.25, -0.2) is 12.8 Å². The lowest BCUT2D eigenvalue weighted by Crippen LogP contribution is -2.53. The number of amides is 1. The molecule has 8 heteroatoms. The monoisotopic (exact) mass is 397 g/mol. The van der Waals surface area contributed by atoms with E-state index in [2.05, 4.69) is 4.90 Å². The Balaban J connectivity index is 1.61. The lowest BCUT2D eigenvalue weighted by Gasteiger charge is -2.35. The molecular formula is C19H28FN3O3S. The van der Waals surface area contributed by atoms with E-state index in [1.165, 1.54) is 22.7 Å². The number of halogens is 1. The molecule has 1 aromatic carbocycles. The molecule has 0 saturated carbocycles. The van der Waals surface area contributed by atoms with Crippen LogP contribution in [0.1, 0.15) is 31.2 Å². The second-order valence-electron chi connectivity index (χ2n) is 7.47. The Labute approximate surface area is 161 Å². The molecule has 1 atom stereocenters. The summed E-state index contributed by atoms with van der Waals surface area (Å²) >= 11 is 0. The topological polar surface area (TPSA) is 60.9 Å². The minimum absolute atomic E-state index is 0.0660. The van der Waals surface area contributed by atoms with Crippen molar-refractivity contribution in [3.63, 3.8) is 0 Å². The maximum absolute atomic E-state index is 13.1. The molecule has 2 aliphatic rings. The molecule has 0 bridgehead atoms. The molecule has 6 nitrogen and oxygen atoms in total. The van der Waals surface area contributed by atoms with Crippen LogP contribution in [0.5, 0.6) is 0 Å². The van der Waals surface area contributed by atoms with Crippen LogP contribution in [0.3, 0.4) is 0 Å². The second-order valence-corrected chi connectivity index (χ2v) is 9.40. The Bertz CT molecular complexity index is 754. The molecule has 0 spiro atoms. The summed E-state index contributed by atoms with van der Waals surface area (Å²) in [5, 5.41) is 0. The normalized spacial score (nSPS) is 23.2. The molecular weight excluding hydrogens is 369 g/mol. The van der Waals surface area contributed by atoms with Gasteiger partial charge in [-0.2, -0.15) is 4.31 Å². The molecule has 150 valence electrons. The largest absolute Gasteiger partial charge is 0.340 e. The number of carbonyl (C=O) groups excluding carboxylic acids is 1. The number of nitrogens with zero attached hydrogens (tertiary/aromatic N) is 3. The third kappa shape index (κ3) is 5.27. The lowest BCUT2D eigenvalue weighted by atomic mass is 10.0. The highest BCUT2D eigenvalue weighted by Crippen LogP contribution is 2.22. The minimum atomic E-state index is -3.38. The highest BCUT2D eigenvalue weighted by molar-refractivity contribution is 7.88. The van der Waals surface area contributed by atoms with Gasteiger partial charge in [-0.05, 0) is 37.0 Å². The predicted molar refractivity (Wildman–Crippen MR) is 102 cm³/mol. The van der Waals surface area contributed by atoms with E-state index >= 15 is 0 Å². The van der Waals surface area contributed by atoms with Crippen LogP contribution in [0.15, 0.2) is 24.3 Å². The minimum Gasteiger partial charge on any atom is -0.340 e. The summed E-state index contributed by atoms with van der Waals surface area (Å²) in [4.78, 5) is 17.1. The van der Waals surface area contributed by atoms with Crippen LogP contribution < -0.4 is 0 Å². The summed E-state index contributed by atoms with van der Waals surface area (Å²) in [6, 6.07) is 5.94. The number of sulfonamides is 1. The molecule has 3 rings (SSSR count). The van der Waals surface area contributed by atoms with Gasteiger partial charge in [0.2, 0.25) is 15.9 Å². The van der Waals surface area contributed by atoms with Crippen molar-refractivity contribution in [2.24, 2.45) is 0 Å². The first kappa shape index (κ1) is 20.2. The van der Waals surface area contributed by atoms with Gasteiger partial charge in [0.05, 0.1) is 6.26 Å². The van der Waals surface area contributed by atoms with Crippen molar-refractivity contribution in [1.29, 1.82) is 0 Å². The fraction of sp³-hybridized carbons (Fsp3) is 0.632. The maximum Gasteiger partial charge on any atom is 0.241 e. The summed E-state index contributed by atoms with van der Waals surface area (Å²) in [5.41, 5.74) is 1.05. The molecule has 0 radical (unpaired) electrons. The van der Waals surface area contributed by atoms with Crippen molar-refractivity contribution in [3.05, 3.63) is 35.6 Å². The first-order valence-corrected chi connectivity index (χ1v) is 11.4. The van der Waals surface area contributed by atoms with E-state index in [1.54, 1.807) is 12.1 Å². The van der Waals surface area contributed by atoms with Crippen LogP contribution in [0.2, 0.25) is 0 Å². The van der Waals surface area contributed by atoms with Crippen LogP contribution >= 0.6 is 0 Å². The van der Waals surface area contributed by atoms with Crippen molar-refractivity contribution in [1.82, 2.24) is 14.1 Å². The van der Waals surface area contributed by atoms with Crippen LogP contribution in [0, 0.1) is 5.82 Å². The van der Waals surface area contributed by atoms with E-state index < -0.39 is 16.1 Å². The summed E-state index contributed by atoms with van der Waals surface area (Å²) in [6.45, 7) is 3.98. The molecule has 2 saturated heterocycles. The third-order valence-corrected chi connectivity index (χ3v) is 6.67.